The Morgan fingerprint density at radius 1 is 1.00 bits per heavy atom. The predicted octanol–water partition coefficient (Wildman–Crippen LogP) is 1.46. The van der Waals surface area contributed by atoms with Gasteiger partial charge in [-0.15, -0.1) is 0 Å². The Morgan fingerprint density at radius 3 is 2.15 bits per heavy atom. The van der Waals surface area contributed by atoms with Gasteiger partial charge in [-0.25, -0.2) is 0 Å². The SMILES string of the molecule is N#Cc1ccc([Te]2C=CC=C2)cc1. The van der Waals surface area contributed by atoms with Crippen LogP contribution in [0.15, 0.2) is 44.7 Å². The van der Waals surface area contributed by atoms with E-state index in [0.717, 1.165) is 5.56 Å². The molecule has 1 aromatic rings. The molecule has 63 valence electrons. The molecule has 0 spiro atoms. The first-order chi connectivity index (χ1) is 6.40. The fourth-order valence-electron chi connectivity index (χ4n) is 1.15. The van der Waals surface area contributed by atoms with Crippen molar-refractivity contribution < 1.29 is 0 Å². The number of rotatable bonds is 1. The summed E-state index contributed by atoms with van der Waals surface area (Å²) in [4.78, 5) is 0. The van der Waals surface area contributed by atoms with E-state index in [4.69, 9.17) is 5.26 Å². The first-order valence-corrected chi connectivity index (χ1v) is 7.83. The Balaban J connectivity index is 2.28. The van der Waals surface area contributed by atoms with Crippen LogP contribution in [0, 0.1) is 11.3 Å². The van der Waals surface area contributed by atoms with Gasteiger partial charge in [-0.3, -0.25) is 0 Å². The van der Waals surface area contributed by atoms with Crippen molar-refractivity contribution in [1.82, 2.24) is 0 Å². The van der Waals surface area contributed by atoms with Crippen molar-refractivity contribution in [3.8, 4) is 6.07 Å². The molecule has 1 aliphatic rings. The van der Waals surface area contributed by atoms with Crippen molar-refractivity contribution in [2.75, 3.05) is 0 Å². The summed E-state index contributed by atoms with van der Waals surface area (Å²) in [5, 5.41) is 8.63. The van der Waals surface area contributed by atoms with E-state index in [1.165, 1.54) is 3.61 Å². The number of hydrogen-bond donors (Lipinski definition) is 0. The maximum absolute atomic E-state index is 8.63. The molecule has 0 fully saturated rings. The molecule has 0 atom stereocenters. The summed E-state index contributed by atoms with van der Waals surface area (Å²) in [7, 11) is 0. The Morgan fingerprint density at radius 2 is 1.62 bits per heavy atom. The average Bonchev–Trinajstić information content (AvgIpc) is 2.71. The van der Waals surface area contributed by atoms with Gasteiger partial charge in [0.1, 0.15) is 0 Å². The van der Waals surface area contributed by atoms with Crippen LogP contribution in [0.3, 0.4) is 0 Å². The van der Waals surface area contributed by atoms with E-state index in [-0.39, 0.29) is 0 Å². The second-order valence-electron chi connectivity index (χ2n) is 2.67. The first kappa shape index (κ1) is 8.57. The van der Waals surface area contributed by atoms with E-state index in [1.54, 1.807) is 0 Å². The van der Waals surface area contributed by atoms with E-state index in [1.807, 2.05) is 12.1 Å². The monoisotopic (exact) mass is 284 g/mol. The molecule has 1 aliphatic heterocycles. The van der Waals surface area contributed by atoms with E-state index in [0.29, 0.717) is 0 Å². The van der Waals surface area contributed by atoms with Gasteiger partial charge in [-0.1, -0.05) is 0 Å². The number of allylic oxidation sites excluding steroid dienone is 2. The molecular formula is C11H8NTe. The molecular weight excluding hydrogens is 274 g/mol. The van der Waals surface area contributed by atoms with E-state index in [2.05, 4.69) is 38.6 Å². The van der Waals surface area contributed by atoms with Gasteiger partial charge >= 0.3 is 84.7 Å². The van der Waals surface area contributed by atoms with Crippen LogP contribution >= 0.6 is 0 Å². The zero-order chi connectivity index (χ0) is 9.10. The Kier molecular flexibility index (Phi) is 2.50. The average molecular weight is 282 g/mol. The van der Waals surface area contributed by atoms with Crippen LogP contribution in [0.4, 0.5) is 0 Å². The standard InChI is InChI=1S/C11H8NTe/c12-9-10-3-5-11(6-4-10)13-7-1-2-8-13/h1-8H. The molecule has 0 unspecified atom stereocenters. The molecule has 1 radical (unpaired) electrons. The second-order valence-corrected chi connectivity index (χ2v) is 7.69. The molecule has 2 rings (SSSR count). The topological polar surface area (TPSA) is 23.8 Å². The van der Waals surface area contributed by atoms with Crippen LogP contribution in [0.1, 0.15) is 5.56 Å². The maximum atomic E-state index is 8.63. The van der Waals surface area contributed by atoms with Crippen molar-refractivity contribution in [3.63, 3.8) is 0 Å². The molecule has 0 saturated heterocycles. The van der Waals surface area contributed by atoms with Gasteiger partial charge in [0.05, 0.1) is 0 Å². The Bertz CT molecular complexity index is 383. The quantitative estimate of drug-likeness (QED) is 0.715. The van der Waals surface area contributed by atoms with Gasteiger partial charge in [-0.05, 0) is 0 Å². The zero-order valence-electron chi connectivity index (χ0n) is 6.97. The molecule has 0 bridgehead atoms. The van der Waals surface area contributed by atoms with Crippen molar-refractivity contribution in [2.24, 2.45) is 0 Å². The normalized spacial score (nSPS) is 14.7. The molecule has 0 amide bonds. The summed E-state index contributed by atoms with van der Waals surface area (Å²) < 4.78 is 6.03. The van der Waals surface area contributed by atoms with Crippen molar-refractivity contribution in [1.29, 1.82) is 5.26 Å². The van der Waals surface area contributed by atoms with Crippen molar-refractivity contribution in [2.45, 2.75) is 0 Å². The predicted molar refractivity (Wildman–Crippen MR) is 54.8 cm³/mol. The van der Waals surface area contributed by atoms with Crippen LogP contribution in [0.2, 0.25) is 0 Å². The van der Waals surface area contributed by atoms with Gasteiger partial charge in [0.2, 0.25) is 0 Å². The number of nitrogens with zero attached hydrogens (tertiary/aromatic N) is 1. The van der Waals surface area contributed by atoms with Crippen molar-refractivity contribution in [3.05, 3.63) is 50.2 Å². The summed E-state index contributed by atoms with van der Waals surface area (Å²) in [6, 6.07) is 10.1. The molecule has 0 aromatic heterocycles. The van der Waals surface area contributed by atoms with E-state index in [9.17, 15) is 0 Å². The fourth-order valence-corrected chi connectivity index (χ4v) is 5.07. The minimum atomic E-state index is -1.24. The molecule has 13 heavy (non-hydrogen) atoms. The van der Waals surface area contributed by atoms with Crippen LogP contribution in [-0.4, -0.2) is 19.6 Å². The summed E-state index contributed by atoms with van der Waals surface area (Å²) in [5.74, 6) is 0. The summed E-state index contributed by atoms with van der Waals surface area (Å²) in [6.07, 6.45) is 4.24. The third-order valence-electron chi connectivity index (χ3n) is 1.82. The third kappa shape index (κ3) is 1.83. The van der Waals surface area contributed by atoms with E-state index >= 15 is 0 Å². The van der Waals surface area contributed by atoms with Crippen LogP contribution < -0.4 is 3.61 Å². The van der Waals surface area contributed by atoms with Crippen LogP contribution in [0.5, 0.6) is 0 Å². The Labute approximate surface area is 84.6 Å². The van der Waals surface area contributed by atoms with Gasteiger partial charge in [0.25, 0.3) is 0 Å². The Hall–Kier alpha value is -1.02. The van der Waals surface area contributed by atoms with Gasteiger partial charge in [0, 0.05) is 0 Å². The summed E-state index contributed by atoms with van der Waals surface area (Å²) >= 11 is -1.24. The number of benzene rings is 1. The summed E-state index contributed by atoms with van der Waals surface area (Å²) in [5.41, 5.74) is 0.745. The molecule has 0 N–H and O–H groups in total. The van der Waals surface area contributed by atoms with Gasteiger partial charge < -0.3 is 0 Å². The minimum absolute atomic E-state index is 0.745. The number of nitriles is 1. The second kappa shape index (κ2) is 3.79. The van der Waals surface area contributed by atoms with Gasteiger partial charge in [-0.2, -0.15) is 0 Å². The molecule has 1 aromatic carbocycles. The molecule has 2 heteroatoms. The molecule has 1 heterocycles. The van der Waals surface area contributed by atoms with Crippen LogP contribution in [0.25, 0.3) is 0 Å². The number of hydrogen-bond acceptors (Lipinski definition) is 1. The van der Waals surface area contributed by atoms with Crippen LogP contribution in [-0.2, 0) is 0 Å². The fraction of sp³-hybridized carbons (Fsp3) is 0. The summed E-state index contributed by atoms with van der Waals surface area (Å²) in [6.45, 7) is 0. The van der Waals surface area contributed by atoms with E-state index < -0.39 is 19.6 Å². The molecule has 1 nitrogen and oxygen atoms in total. The van der Waals surface area contributed by atoms with Crippen molar-refractivity contribution >= 4 is 23.2 Å². The molecule has 0 saturated carbocycles. The van der Waals surface area contributed by atoms with Gasteiger partial charge in [0.15, 0.2) is 0 Å². The third-order valence-corrected chi connectivity index (χ3v) is 6.72. The first-order valence-electron chi connectivity index (χ1n) is 3.97. The zero-order valence-corrected chi connectivity index (χ0v) is 9.30. The molecule has 0 aliphatic carbocycles.